The van der Waals surface area contributed by atoms with Crippen molar-refractivity contribution in [2.24, 2.45) is 0 Å². The summed E-state index contributed by atoms with van der Waals surface area (Å²) in [6.07, 6.45) is 1.57. The van der Waals surface area contributed by atoms with E-state index in [2.05, 4.69) is 10.2 Å². The summed E-state index contributed by atoms with van der Waals surface area (Å²) in [5.74, 6) is 0.0496. The lowest BCUT2D eigenvalue weighted by molar-refractivity contribution is -0.130. The fraction of sp³-hybridized carbons (Fsp3) is 0.409. The molecule has 0 saturated carbocycles. The predicted molar refractivity (Wildman–Crippen MR) is 118 cm³/mol. The van der Waals surface area contributed by atoms with Gasteiger partial charge in [-0.25, -0.2) is 0 Å². The van der Waals surface area contributed by atoms with Gasteiger partial charge in [0.2, 0.25) is 17.2 Å². The van der Waals surface area contributed by atoms with Crippen LogP contribution in [-0.4, -0.2) is 59.5 Å². The molecule has 1 aliphatic rings. The molecule has 1 saturated heterocycles. The predicted octanol–water partition coefficient (Wildman–Crippen LogP) is 1.49. The van der Waals surface area contributed by atoms with Gasteiger partial charge in [0.05, 0.1) is 13.3 Å². The van der Waals surface area contributed by atoms with E-state index in [0.717, 1.165) is 11.3 Å². The Bertz CT molecular complexity index is 999. The minimum atomic E-state index is -0.229. The summed E-state index contributed by atoms with van der Waals surface area (Å²) in [6, 6.07) is 8.85. The van der Waals surface area contributed by atoms with E-state index in [-0.39, 0.29) is 29.5 Å². The van der Waals surface area contributed by atoms with Gasteiger partial charge in [-0.05, 0) is 11.6 Å². The smallest absolute Gasteiger partial charge is 0.240 e. The highest BCUT2D eigenvalue weighted by atomic mass is 35.5. The Hall–Kier alpha value is -2.84. The molecular weight excluding hydrogens is 420 g/mol. The first-order valence-corrected chi connectivity index (χ1v) is 10.5. The van der Waals surface area contributed by atoms with Crippen LogP contribution in [0.2, 0.25) is 5.02 Å². The summed E-state index contributed by atoms with van der Waals surface area (Å²) in [7, 11) is 1.43. The summed E-state index contributed by atoms with van der Waals surface area (Å²) in [5, 5.41) is 3.46. The second-order valence-electron chi connectivity index (χ2n) is 7.48. The number of carbonyl (C=O) groups is 2. The molecule has 9 heteroatoms. The van der Waals surface area contributed by atoms with Gasteiger partial charge < -0.3 is 19.5 Å². The molecule has 0 spiro atoms. The molecule has 3 rings (SSSR count). The summed E-state index contributed by atoms with van der Waals surface area (Å²) in [5.41, 5.74) is 1.32. The number of amides is 2. The van der Waals surface area contributed by atoms with Gasteiger partial charge in [0.15, 0.2) is 5.75 Å². The largest absolute Gasteiger partial charge is 0.491 e. The van der Waals surface area contributed by atoms with Crippen LogP contribution < -0.4 is 15.5 Å². The Kier molecular flexibility index (Phi) is 7.70. The summed E-state index contributed by atoms with van der Waals surface area (Å²) >= 11 is 6.15. The number of carbonyl (C=O) groups excluding carboxylic acids is 2. The van der Waals surface area contributed by atoms with Crippen molar-refractivity contribution < 1.29 is 14.3 Å². The van der Waals surface area contributed by atoms with E-state index >= 15 is 0 Å². The number of halogens is 1. The van der Waals surface area contributed by atoms with Crippen LogP contribution in [0.15, 0.2) is 41.3 Å². The topological polar surface area (TPSA) is 83.9 Å². The van der Waals surface area contributed by atoms with Gasteiger partial charge in [0, 0.05) is 63.0 Å². The molecule has 8 nitrogen and oxygen atoms in total. The molecule has 1 aliphatic heterocycles. The zero-order valence-corrected chi connectivity index (χ0v) is 18.5. The number of benzene rings is 1. The summed E-state index contributed by atoms with van der Waals surface area (Å²) in [4.78, 5) is 40.4. The fourth-order valence-corrected chi connectivity index (χ4v) is 3.73. The number of nitrogens with one attached hydrogen (secondary N) is 1. The van der Waals surface area contributed by atoms with Crippen molar-refractivity contribution in [2.75, 3.05) is 33.3 Å². The van der Waals surface area contributed by atoms with E-state index < -0.39 is 0 Å². The first-order valence-electron chi connectivity index (χ1n) is 10.1. The summed E-state index contributed by atoms with van der Waals surface area (Å²) < 4.78 is 6.89. The van der Waals surface area contributed by atoms with Crippen LogP contribution in [0.4, 0.5) is 0 Å². The minimum Gasteiger partial charge on any atom is -0.491 e. The van der Waals surface area contributed by atoms with Crippen LogP contribution in [-0.2, 0) is 29.2 Å². The Morgan fingerprint density at radius 3 is 2.52 bits per heavy atom. The number of pyridine rings is 1. The number of nitrogens with zero attached hydrogens (tertiary/aromatic N) is 3. The highest BCUT2D eigenvalue weighted by molar-refractivity contribution is 6.31. The second-order valence-corrected chi connectivity index (χ2v) is 7.88. The van der Waals surface area contributed by atoms with Crippen LogP contribution in [0.5, 0.6) is 5.75 Å². The Morgan fingerprint density at radius 1 is 1.16 bits per heavy atom. The molecule has 31 heavy (non-hydrogen) atoms. The van der Waals surface area contributed by atoms with E-state index in [0.29, 0.717) is 44.3 Å². The first-order chi connectivity index (χ1) is 14.9. The number of rotatable bonds is 7. The molecule has 1 aromatic carbocycles. The number of aromatic nitrogens is 1. The molecule has 0 aliphatic carbocycles. The monoisotopic (exact) mass is 446 g/mol. The van der Waals surface area contributed by atoms with E-state index in [1.165, 1.54) is 13.2 Å². The first kappa shape index (κ1) is 22.8. The highest BCUT2D eigenvalue weighted by Gasteiger charge is 2.20. The Balaban J connectivity index is 1.69. The van der Waals surface area contributed by atoms with Crippen molar-refractivity contribution in [3.05, 3.63) is 63.0 Å². The molecule has 0 unspecified atom stereocenters. The lowest BCUT2D eigenvalue weighted by atomic mass is 10.2. The minimum absolute atomic E-state index is 0.0455. The maximum atomic E-state index is 12.6. The molecule has 1 aromatic heterocycles. The van der Waals surface area contributed by atoms with Crippen LogP contribution >= 0.6 is 11.6 Å². The molecule has 0 atom stereocenters. The van der Waals surface area contributed by atoms with Gasteiger partial charge in [0.1, 0.15) is 6.54 Å². The zero-order valence-electron chi connectivity index (χ0n) is 17.8. The van der Waals surface area contributed by atoms with Crippen molar-refractivity contribution >= 4 is 23.4 Å². The lowest BCUT2D eigenvalue weighted by Crippen LogP contribution is -2.47. The quantitative estimate of drug-likeness (QED) is 0.696. The van der Waals surface area contributed by atoms with Crippen molar-refractivity contribution in [1.29, 1.82) is 0 Å². The molecule has 2 aromatic rings. The fourth-order valence-electron chi connectivity index (χ4n) is 3.53. The average molecular weight is 447 g/mol. The third-order valence-electron chi connectivity index (χ3n) is 5.35. The molecular formula is C22H27ClN4O4. The van der Waals surface area contributed by atoms with Gasteiger partial charge in [-0.15, -0.1) is 0 Å². The third kappa shape index (κ3) is 6.08. The van der Waals surface area contributed by atoms with Gasteiger partial charge in [0.25, 0.3) is 0 Å². The molecule has 1 fully saturated rings. The van der Waals surface area contributed by atoms with Crippen LogP contribution in [0.25, 0.3) is 0 Å². The van der Waals surface area contributed by atoms with Crippen molar-refractivity contribution in [3.63, 3.8) is 0 Å². The summed E-state index contributed by atoms with van der Waals surface area (Å²) in [6.45, 7) is 5.14. The normalized spacial score (nSPS) is 14.4. The number of piperazine rings is 1. The maximum absolute atomic E-state index is 12.6. The van der Waals surface area contributed by atoms with E-state index in [1.807, 2.05) is 18.2 Å². The van der Waals surface area contributed by atoms with Crippen molar-refractivity contribution in [2.45, 2.75) is 26.6 Å². The van der Waals surface area contributed by atoms with Crippen LogP contribution in [0.3, 0.4) is 0 Å². The SMILES string of the molecule is COc1cn(CC(=O)NCc2ccccc2Cl)c(CN2CCN(C(C)=O)CC2)cc1=O. The lowest BCUT2D eigenvalue weighted by Gasteiger charge is -2.34. The molecule has 166 valence electrons. The van der Waals surface area contributed by atoms with E-state index in [1.54, 1.807) is 28.7 Å². The van der Waals surface area contributed by atoms with Gasteiger partial charge in [-0.2, -0.15) is 0 Å². The standard InChI is InChI=1S/C22H27ClN4O4/c1-16(28)26-9-7-25(8-10-26)13-18-11-20(29)21(31-2)14-27(18)15-22(30)24-12-17-5-3-4-6-19(17)23/h3-6,11,14H,7-10,12-13,15H2,1-2H3,(H,24,30). The second kappa shape index (κ2) is 10.5. The number of methoxy groups -OCH3 is 1. The molecule has 0 radical (unpaired) electrons. The molecule has 0 bridgehead atoms. The highest BCUT2D eigenvalue weighted by Crippen LogP contribution is 2.15. The number of hydrogen-bond acceptors (Lipinski definition) is 5. The van der Waals surface area contributed by atoms with Gasteiger partial charge in [-0.1, -0.05) is 29.8 Å². The number of hydrogen-bond donors (Lipinski definition) is 1. The van der Waals surface area contributed by atoms with Crippen LogP contribution in [0, 0.1) is 0 Å². The molecule has 2 amide bonds. The zero-order chi connectivity index (χ0) is 22.4. The Morgan fingerprint density at radius 2 is 1.87 bits per heavy atom. The van der Waals surface area contributed by atoms with Gasteiger partial charge in [-0.3, -0.25) is 19.3 Å². The van der Waals surface area contributed by atoms with Crippen molar-refractivity contribution in [1.82, 2.24) is 19.7 Å². The molecule has 2 heterocycles. The van der Waals surface area contributed by atoms with Crippen LogP contribution in [0.1, 0.15) is 18.2 Å². The van der Waals surface area contributed by atoms with Crippen molar-refractivity contribution in [3.8, 4) is 5.75 Å². The number of ether oxygens (including phenoxy) is 1. The third-order valence-corrected chi connectivity index (χ3v) is 5.72. The van der Waals surface area contributed by atoms with Gasteiger partial charge >= 0.3 is 0 Å². The molecule has 1 N–H and O–H groups in total. The Labute approximate surface area is 186 Å². The van der Waals surface area contributed by atoms with E-state index in [4.69, 9.17) is 16.3 Å². The maximum Gasteiger partial charge on any atom is 0.240 e. The average Bonchev–Trinajstić information content (AvgIpc) is 2.75. The van der Waals surface area contributed by atoms with E-state index in [9.17, 15) is 14.4 Å².